The Bertz CT molecular complexity index is 428. The summed E-state index contributed by atoms with van der Waals surface area (Å²) in [6.45, 7) is 3.56. The highest BCUT2D eigenvalue weighted by Crippen LogP contribution is 2.21. The molecule has 1 atom stereocenters. The van der Waals surface area contributed by atoms with Gasteiger partial charge in [0.05, 0.1) is 11.8 Å². The maximum absolute atomic E-state index is 11.7. The van der Waals surface area contributed by atoms with Gasteiger partial charge in [-0.25, -0.2) is 0 Å². The summed E-state index contributed by atoms with van der Waals surface area (Å²) in [5.41, 5.74) is 5.77. The molecule has 0 amide bonds. The van der Waals surface area contributed by atoms with E-state index >= 15 is 0 Å². The first kappa shape index (κ1) is 12.0. The normalized spacial score (nSPS) is 13.7. The third-order valence-electron chi connectivity index (χ3n) is 2.05. The summed E-state index contributed by atoms with van der Waals surface area (Å²) >= 11 is 0. The summed E-state index contributed by atoms with van der Waals surface area (Å²) < 4.78 is 28.4. The van der Waals surface area contributed by atoms with Crippen molar-refractivity contribution in [3.05, 3.63) is 24.3 Å². The van der Waals surface area contributed by atoms with E-state index in [1.165, 1.54) is 12.1 Å². The van der Waals surface area contributed by atoms with Crippen LogP contribution in [0.4, 0.5) is 5.69 Å². The van der Waals surface area contributed by atoms with Crippen LogP contribution in [0.15, 0.2) is 29.2 Å². The molecule has 0 fully saturated rings. The van der Waals surface area contributed by atoms with Crippen LogP contribution in [0.5, 0.6) is 0 Å². The molecule has 15 heavy (non-hydrogen) atoms. The minimum absolute atomic E-state index is 0.0327. The maximum Gasteiger partial charge on any atom is 0.299 e. The number of nitrogens with two attached hydrogens (primary N) is 1. The first-order valence-electron chi connectivity index (χ1n) is 4.75. The smallest absolute Gasteiger partial charge is 0.299 e. The summed E-state index contributed by atoms with van der Waals surface area (Å²) in [6.07, 6.45) is 0.293. The van der Waals surface area contributed by atoms with Gasteiger partial charge in [0.25, 0.3) is 10.1 Å². The molecule has 0 aromatic heterocycles. The molecule has 0 saturated carbocycles. The molecule has 1 aromatic rings. The van der Waals surface area contributed by atoms with E-state index in [9.17, 15) is 8.42 Å². The summed E-state index contributed by atoms with van der Waals surface area (Å²) in [5.74, 6) is 0. The average molecular weight is 229 g/mol. The van der Waals surface area contributed by atoms with Crippen molar-refractivity contribution in [2.24, 2.45) is 0 Å². The fourth-order valence-corrected chi connectivity index (χ4v) is 2.32. The van der Waals surface area contributed by atoms with Gasteiger partial charge >= 0.3 is 0 Å². The Balaban J connectivity index is 3.02. The molecule has 0 bridgehead atoms. The van der Waals surface area contributed by atoms with Crippen molar-refractivity contribution in [2.75, 3.05) is 5.73 Å². The number of anilines is 1. The Labute approximate surface area is 90.2 Å². The van der Waals surface area contributed by atoms with Crippen LogP contribution in [0.25, 0.3) is 0 Å². The van der Waals surface area contributed by atoms with Crippen molar-refractivity contribution in [1.29, 1.82) is 0 Å². The lowest BCUT2D eigenvalue weighted by Gasteiger charge is -2.11. The number of hydrogen-bond donors (Lipinski definition) is 1. The van der Waals surface area contributed by atoms with Crippen LogP contribution in [0.3, 0.4) is 0 Å². The van der Waals surface area contributed by atoms with E-state index in [2.05, 4.69) is 0 Å². The average Bonchev–Trinajstić information content (AvgIpc) is 2.17. The Morgan fingerprint density at radius 3 is 2.53 bits per heavy atom. The number of hydrogen-bond acceptors (Lipinski definition) is 4. The van der Waals surface area contributed by atoms with E-state index in [1.807, 2.05) is 6.92 Å². The third-order valence-corrected chi connectivity index (χ3v) is 3.55. The minimum Gasteiger partial charge on any atom is -0.398 e. The fourth-order valence-electron chi connectivity index (χ4n) is 1.04. The zero-order chi connectivity index (χ0) is 11.5. The van der Waals surface area contributed by atoms with Gasteiger partial charge in [-0.2, -0.15) is 8.42 Å². The molecule has 0 aliphatic carbocycles. The Morgan fingerprint density at radius 2 is 2.00 bits per heavy atom. The quantitative estimate of drug-likeness (QED) is 0.631. The number of nitrogen functional groups attached to an aromatic ring is 1. The van der Waals surface area contributed by atoms with Crippen LogP contribution < -0.4 is 5.73 Å². The second kappa shape index (κ2) is 4.63. The lowest BCUT2D eigenvalue weighted by atomic mass is 10.3. The maximum atomic E-state index is 11.7. The van der Waals surface area contributed by atoms with Gasteiger partial charge in [0, 0.05) is 0 Å². The second-order valence-electron chi connectivity index (χ2n) is 3.31. The van der Waals surface area contributed by atoms with Crippen LogP contribution in [0.1, 0.15) is 20.3 Å². The van der Waals surface area contributed by atoms with E-state index < -0.39 is 10.1 Å². The number of benzene rings is 1. The fraction of sp³-hybridized carbons (Fsp3) is 0.400. The molecule has 0 aliphatic rings. The van der Waals surface area contributed by atoms with Crippen molar-refractivity contribution in [2.45, 2.75) is 31.3 Å². The SMILES string of the molecule is CC[C@H](C)OS(=O)(=O)c1ccccc1N. The van der Waals surface area contributed by atoms with Gasteiger partial charge in [0.1, 0.15) is 4.90 Å². The molecule has 5 heteroatoms. The molecule has 0 radical (unpaired) electrons. The first-order chi connectivity index (χ1) is 6.97. The second-order valence-corrected chi connectivity index (χ2v) is 4.85. The van der Waals surface area contributed by atoms with Gasteiger partial charge in [0.2, 0.25) is 0 Å². The molecule has 4 nitrogen and oxygen atoms in total. The Morgan fingerprint density at radius 1 is 1.40 bits per heavy atom. The Hall–Kier alpha value is -1.07. The van der Waals surface area contributed by atoms with Gasteiger partial charge in [-0.3, -0.25) is 4.18 Å². The van der Waals surface area contributed by atoms with Crippen molar-refractivity contribution in [3.63, 3.8) is 0 Å². The van der Waals surface area contributed by atoms with Gasteiger partial charge in [-0.1, -0.05) is 19.1 Å². The standard InChI is InChI=1S/C10H15NO3S/c1-3-8(2)14-15(12,13)10-7-5-4-6-9(10)11/h4-8H,3,11H2,1-2H3/t8-/m0/s1. The molecule has 0 aliphatic heterocycles. The van der Waals surface area contributed by atoms with Gasteiger partial charge < -0.3 is 5.73 Å². The van der Waals surface area contributed by atoms with Crippen molar-refractivity contribution >= 4 is 15.8 Å². The van der Waals surface area contributed by atoms with Crippen molar-refractivity contribution in [3.8, 4) is 0 Å². The summed E-state index contributed by atoms with van der Waals surface area (Å²) in [4.78, 5) is 0.0327. The largest absolute Gasteiger partial charge is 0.398 e. The van der Waals surface area contributed by atoms with Crippen molar-refractivity contribution < 1.29 is 12.6 Å². The van der Waals surface area contributed by atoms with Gasteiger partial charge in [0.15, 0.2) is 0 Å². The summed E-state index contributed by atoms with van der Waals surface area (Å²) in [5, 5.41) is 0. The predicted octanol–water partition coefficient (Wildman–Crippen LogP) is 1.77. The van der Waals surface area contributed by atoms with E-state index in [1.54, 1.807) is 19.1 Å². The first-order valence-corrected chi connectivity index (χ1v) is 6.16. The zero-order valence-electron chi connectivity index (χ0n) is 8.80. The highest BCUT2D eigenvalue weighted by molar-refractivity contribution is 7.87. The molecule has 0 saturated heterocycles. The molecular formula is C10H15NO3S. The lowest BCUT2D eigenvalue weighted by molar-refractivity contribution is 0.225. The highest BCUT2D eigenvalue weighted by Gasteiger charge is 2.20. The monoisotopic (exact) mass is 229 g/mol. The minimum atomic E-state index is -3.73. The van der Waals surface area contributed by atoms with E-state index in [0.717, 1.165) is 0 Å². The molecule has 84 valence electrons. The molecule has 0 heterocycles. The van der Waals surface area contributed by atoms with Crippen LogP contribution in [-0.4, -0.2) is 14.5 Å². The van der Waals surface area contributed by atoms with Crippen LogP contribution in [0, 0.1) is 0 Å². The zero-order valence-corrected chi connectivity index (χ0v) is 9.62. The van der Waals surface area contributed by atoms with E-state index in [-0.39, 0.29) is 16.7 Å². The van der Waals surface area contributed by atoms with Crippen LogP contribution in [-0.2, 0) is 14.3 Å². The van der Waals surface area contributed by atoms with Crippen LogP contribution in [0.2, 0.25) is 0 Å². The third kappa shape index (κ3) is 2.94. The highest BCUT2D eigenvalue weighted by atomic mass is 32.2. The predicted molar refractivity (Wildman–Crippen MR) is 58.9 cm³/mol. The number of rotatable bonds is 4. The lowest BCUT2D eigenvalue weighted by Crippen LogP contribution is -2.15. The molecule has 0 spiro atoms. The molecular weight excluding hydrogens is 214 g/mol. The number of para-hydroxylation sites is 1. The molecule has 1 rings (SSSR count). The Kier molecular flexibility index (Phi) is 3.71. The molecule has 0 unspecified atom stereocenters. The summed E-state index contributed by atoms with van der Waals surface area (Å²) in [6, 6.07) is 6.26. The summed E-state index contributed by atoms with van der Waals surface area (Å²) in [7, 11) is -3.73. The van der Waals surface area contributed by atoms with E-state index in [4.69, 9.17) is 9.92 Å². The topological polar surface area (TPSA) is 69.4 Å². The van der Waals surface area contributed by atoms with Crippen LogP contribution >= 0.6 is 0 Å². The molecule has 1 aromatic carbocycles. The van der Waals surface area contributed by atoms with Gasteiger partial charge in [-0.15, -0.1) is 0 Å². The van der Waals surface area contributed by atoms with Gasteiger partial charge in [-0.05, 0) is 25.5 Å². The van der Waals surface area contributed by atoms with E-state index in [0.29, 0.717) is 6.42 Å². The molecule has 2 N–H and O–H groups in total. The van der Waals surface area contributed by atoms with Crippen molar-refractivity contribution in [1.82, 2.24) is 0 Å².